The van der Waals surface area contributed by atoms with Gasteiger partial charge in [0.05, 0.1) is 17.5 Å². The highest BCUT2D eigenvalue weighted by Gasteiger charge is 2.15. The summed E-state index contributed by atoms with van der Waals surface area (Å²) in [4.78, 5) is 17.7. The molecule has 0 atom stereocenters. The predicted molar refractivity (Wildman–Crippen MR) is 106 cm³/mol. The third-order valence-corrected chi connectivity index (χ3v) is 5.63. The van der Waals surface area contributed by atoms with E-state index in [1.54, 1.807) is 13.2 Å². The van der Waals surface area contributed by atoms with Gasteiger partial charge in [-0.3, -0.25) is 4.79 Å². The Bertz CT molecular complexity index is 1120. The van der Waals surface area contributed by atoms with E-state index in [0.717, 1.165) is 32.3 Å². The van der Waals surface area contributed by atoms with Gasteiger partial charge < -0.3 is 10.1 Å². The summed E-state index contributed by atoms with van der Waals surface area (Å²) >= 11 is 7.74. The largest absolute Gasteiger partial charge is 0.496 e. The van der Waals surface area contributed by atoms with Crippen LogP contribution in [0.5, 0.6) is 5.75 Å². The fourth-order valence-electron chi connectivity index (χ4n) is 2.90. The lowest BCUT2D eigenvalue weighted by molar-refractivity contribution is 0.0955. The molecule has 4 nitrogen and oxygen atoms in total. The van der Waals surface area contributed by atoms with E-state index in [-0.39, 0.29) is 5.91 Å². The number of fused-ring (bicyclic) bond motifs is 3. The summed E-state index contributed by atoms with van der Waals surface area (Å²) < 4.78 is 6.30. The molecule has 0 spiro atoms. The number of amides is 1. The van der Waals surface area contributed by atoms with E-state index >= 15 is 0 Å². The van der Waals surface area contributed by atoms with E-state index in [2.05, 4.69) is 10.3 Å². The SMILES string of the molecule is COc1ccccc1CNC(=O)c1cc2c(Cl)nc3ccccc3c2s1. The van der Waals surface area contributed by atoms with Gasteiger partial charge in [-0.05, 0) is 18.2 Å². The molecule has 0 aliphatic rings. The van der Waals surface area contributed by atoms with Crippen molar-refractivity contribution in [2.75, 3.05) is 7.11 Å². The number of thiophene rings is 1. The highest BCUT2D eigenvalue weighted by Crippen LogP contribution is 2.35. The molecule has 6 heteroatoms. The van der Waals surface area contributed by atoms with Crippen LogP contribution in [0.1, 0.15) is 15.2 Å². The maximum atomic E-state index is 12.6. The van der Waals surface area contributed by atoms with Crippen LogP contribution < -0.4 is 10.1 Å². The Hall–Kier alpha value is -2.63. The fraction of sp³-hybridized carbons (Fsp3) is 0.100. The van der Waals surface area contributed by atoms with Gasteiger partial charge in [-0.15, -0.1) is 11.3 Å². The predicted octanol–water partition coefficient (Wildman–Crippen LogP) is 5.04. The number of aromatic nitrogens is 1. The molecular formula is C20H15ClN2O2S. The van der Waals surface area contributed by atoms with Gasteiger partial charge in [-0.25, -0.2) is 4.98 Å². The molecule has 2 aromatic heterocycles. The number of methoxy groups -OCH3 is 1. The molecule has 0 aliphatic carbocycles. The molecule has 1 N–H and O–H groups in total. The molecule has 2 aromatic carbocycles. The minimum absolute atomic E-state index is 0.141. The monoisotopic (exact) mass is 382 g/mol. The van der Waals surface area contributed by atoms with E-state index in [1.165, 1.54) is 11.3 Å². The van der Waals surface area contributed by atoms with Crippen LogP contribution in [-0.2, 0) is 6.54 Å². The highest BCUT2D eigenvalue weighted by atomic mass is 35.5. The maximum Gasteiger partial charge on any atom is 0.261 e. The highest BCUT2D eigenvalue weighted by molar-refractivity contribution is 7.21. The maximum absolute atomic E-state index is 12.6. The lowest BCUT2D eigenvalue weighted by atomic mass is 10.2. The minimum atomic E-state index is -0.141. The number of nitrogens with zero attached hydrogens (tertiary/aromatic N) is 1. The van der Waals surface area contributed by atoms with Crippen LogP contribution in [0.3, 0.4) is 0 Å². The molecule has 0 saturated carbocycles. The molecule has 0 fully saturated rings. The van der Waals surface area contributed by atoms with Gasteiger partial charge in [-0.1, -0.05) is 48.0 Å². The first kappa shape index (κ1) is 16.8. The van der Waals surface area contributed by atoms with Crippen LogP contribution in [0.4, 0.5) is 0 Å². The second-order valence-electron chi connectivity index (χ2n) is 5.77. The summed E-state index contributed by atoms with van der Waals surface area (Å²) in [7, 11) is 1.62. The van der Waals surface area contributed by atoms with E-state index in [4.69, 9.17) is 16.3 Å². The molecule has 0 aliphatic heterocycles. The van der Waals surface area contributed by atoms with Crippen molar-refractivity contribution >= 4 is 49.8 Å². The summed E-state index contributed by atoms with van der Waals surface area (Å²) in [6.07, 6.45) is 0. The lowest BCUT2D eigenvalue weighted by Gasteiger charge is -2.08. The van der Waals surface area contributed by atoms with Crippen LogP contribution in [0.2, 0.25) is 5.15 Å². The molecule has 26 heavy (non-hydrogen) atoms. The molecule has 0 radical (unpaired) electrons. The Labute approximate surface area is 159 Å². The summed E-state index contributed by atoms with van der Waals surface area (Å²) in [6, 6.07) is 17.2. The number of nitrogens with one attached hydrogen (secondary N) is 1. The first-order chi connectivity index (χ1) is 12.7. The van der Waals surface area contributed by atoms with Crippen LogP contribution in [0.15, 0.2) is 54.6 Å². The molecule has 1 amide bonds. The lowest BCUT2D eigenvalue weighted by Crippen LogP contribution is -2.22. The Balaban J connectivity index is 1.65. The number of pyridine rings is 1. The summed E-state index contributed by atoms with van der Waals surface area (Å²) in [6.45, 7) is 0.393. The second-order valence-corrected chi connectivity index (χ2v) is 7.18. The summed E-state index contributed by atoms with van der Waals surface area (Å²) in [5.74, 6) is 0.611. The van der Waals surface area contributed by atoms with Crippen molar-refractivity contribution in [1.82, 2.24) is 10.3 Å². The number of para-hydroxylation sites is 2. The van der Waals surface area contributed by atoms with Crippen molar-refractivity contribution in [3.8, 4) is 5.75 Å². The van der Waals surface area contributed by atoms with E-state index in [9.17, 15) is 4.79 Å². The van der Waals surface area contributed by atoms with Gasteiger partial charge in [0, 0.05) is 27.6 Å². The molecule has 4 aromatic rings. The van der Waals surface area contributed by atoms with Crippen LogP contribution in [0, 0.1) is 0 Å². The molecule has 130 valence electrons. The number of hydrogen-bond acceptors (Lipinski definition) is 4. The molecule has 4 rings (SSSR count). The Morgan fingerprint density at radius 1 is 1.15 bits per heavy atom. The number of halogens is 1. The number of carbonyl (C=O) groups is 1. The quantitative estimate of drug-likeness (QED) is 0.503. The van der Waals surface area contributed by atoms with Crippen molar-refractivity contribution in [2.45, 2.75) is 6.54 Å². The van der Waals surface area contributed by atoms with Crippen LogP contribution >= 0.6 is 22.9 Å². The van der Waals surface area contributed by atoms with Crippen LogP contribution in [0.25, 0.3) is 21.0 Å². The zero-order valence-corrected chi connectivity index (χ0v) is 15.5. The number of carbonyl (C=O) groups excluding carboxylic acids is 1. The average Bonchev–Trinajstić information content (AvgIpc) is 3.13. The minimum Gasteiger partial charge on any atom is -0.496 e. The van der Waals surface area contributed by atoms with Crippen molar-refractivity contribution in [2.24, 2.45) is 0 Å². The van der Waals surface area contributed by atoms with Gasteiger partial charge >= 0.3 is 0 Å². The molecule has 2 heterocycles. The third kappa shape index (κ3) is 3.00. The van der Waals surface area contributed by atoms with Crippen LogP contribution in [-0.4, -0.2) is 18.0 Å². The molecule has 0 unspecified atom stereocenters. The van der Waals surface area contributed by atoms with E-state index in [1.807, 2.05) is 48.5 Å². The standard InChI is InChI=1S/C20H15ClN2O2S/c1-25-16-9-5-2-6-12(16)11-22-20(24)17-10-14-18(26-17)13-7-3-4-8-15(13)23-19(14)21/h2-10H,11H2,1H3,(H,22,24). The zero-order chi connectivity index (χ0) is 18.1. The average molecular weight is 383 g/mol. The summed E-state index contributed by atoms with van der Waals surface area (Å²) in [5, 5.41) is 5.17. The van der Waals surface area contributed by atoms with Crippen molar-refractivity contribution in [3.63, 3.8) is 0 Å². The topological polar surface area (TPSA) is 51.2 Å². The zero-order valence-electron chi connectivity index (χ0n) is 14.0. The smallest absolute Gasteiger partial charge is 0.261 e. The van der Waals surface area contributed by atoms with Crippen molar-refractivity contribution < 1.29 is 9.53 Å². The number of rotatable bonds is 4. The second kappa shape index (κ2) is 6.94. The van der Waals surface area contributed by atoms with E-state index < -0.39 is 0 Å². The Morgan fingerprint density at radius 3 is 2.77 bits per heavy atom. The first-order valence-corrected chi connectivity index (χ1v) is 9.24. The fourth-order valence-corrected chi connectivity index (χ4v) is 4.30. The molecule has 0 saturated heterocycles. The molecular weight excluding hydrogens is 368 g/mol. The normalized spacial score (nSPS) is 11.0. The number of ether oxygens (including phenoxy) is 1. The number of hydrogen-bond donors (Lipinski definition) is 1. The van der Waals surface area contributed by atoms with E-state index in [0.29, 0.717) is 16.6 Å². The van der Waals surface area contributed by atoms with Crippen molar-refractivity contribution in [1.29, 1.82) is 0 Å². The number of benzene rings is 2. The third-order valence-electron chi connectivity index (χ3n) is 4.18. The van der Waals surface area contributed by atoms with Gasteiger partial charge in [0.2, 0.25) is 0 Å². The van der Waals surface area contributed by atoms with Crippen molar-refractivity contribution in [3.05, 3.63) is 70.2 Å². The van der Waals surface area contributed by atoms with Gasteiger partial charge in [0.25, 0.3) is 5.91 Å². The van der Waals surface area contributed by atoms with Gasteiger partial charge in [-0.2, -0.15) is 0 Å². The van der Waals surface area contributed by atoms with Gasteiger partial charge in [0.1, 0.15) is 10.9 Å². The van der Waals surface area contributed by atoms with Gasteiger partial charge in [0.15, 0.2) is 0 Å². The summed E-state index contributed by atoms with van der Waals surface area (Å²) in [5.41, 5.74) is 1.75. The molecule has 0 bridgehead atoms. The Kier molecular flexibility index (Phi) is 4.49. The Morgan fingerprint density at radius 2 is 1.92 bits per heavy atom. The first-order valence-electron chi connectivity index (χ1n) is 8.05.